The number of carboxylic acids is 1. The van der Waals surface area contributed by atoms with E-state index in [0.29, 0.717) is 10.3 Å². The van der Waals surface area contributed by atoms with Crippen LogP contribution in [0.25, 0.3) is 10.3 Å². The van der Waals surface area contributed by atoms with Crippen LogP contribution in [0.3, 0.4) is 0 Å². The van der Waals surface area contributed by atoms with Gasteiger partial charge < -0.3 is 5.11 Å². The van der Waals surface area contributed by atoms with Gasteiger partial charge in [0.15, 0.2) is 5.65 Å². The molecule has 0 unspecified atom stereocenters. The number of aromatic nitrogens is 3. The summed E-state index contributed by atoms with van der Waals surface area (Å²) in [7, 11) is 0. The lowest BCUT2D eigenvalue weighted by Gasteiger charge is -1.84. The van der Waals surface area contributed by atoms with Crippen molar-refractivity contribution in [3.63, 3.8) is 0 Å². The first kappa shape index (κ1) is 8.33. The molecule has 0 radical (unpaired) electrons. The second kappa shape index (κ2) is 2.90. The van der Waals surface area contributed by atoms with E-state index in [9.17, 15) is 4.79 Å². The highest BCUT2D eigenvalue weighted by atomic mass is 35.5. The first-order valence-electron chi connectivity index (χ1n) is 3.19. The Morgan fingerprint density at radius 3 is 3.00 bits per heavy atom. The van der Waals surface area contributed by atoms with Crippen LogP contribution in [0.5, 0.6) is 0 Å². The number of rotatable bonds is 1. The molecule has 0 spiro atoms. The molecular weight excluding hydrogens is 214 g/mol. The van der Waals surface area contributed by atoms with Crippen molar-refractivity contribution in [2.24, 2.45) is 0 Å². The summed E-state index contributed by atoms with van der Waals surface area (Å²) < 4.78 is 0.613. The summed E-state index contributed by atoms with van der Waals surface area (Å²) in [4.78, 5) is 21.8. The number of carboxylic acid groups (broad SMARTS) is 1. The van der Waals surface area contributed by atoms with Crippen molar-refractivity contribution in [3.05, 3.63) is 16.5 Å². The highest BCUT2D eigenvalue weighted by molar-refractivity contribution is 7.20. The average molecular weight is 216 g/mol. The molecule has 2 rings (SSSR count). The van der Waals surface area contributed by atoms with Gasteiger partial charge in [-0.2, -0.15) is 4.98 Å². The monoisotopic (exact) mass is 215 g/mol. The Bertz CT molecular complexity index is 484. The maximum atomic E-state index is 10.5. The van der Waals surface area contributed by atoms with E-state index in [1.54, 1.807) is 0 Å². The van der Waals surface area contributed by atoms with E-state index in [4.69, 9.17) is 16.7 Å². The summed E-state index contributed by atoms with van der Waals surface area (Å²) in [6.07, 6.45) is 1.45. The van der Waals surface area contributed by atoms with E-state index in [1.807, 2.05) is 0 Å². The van der Waals surface area contributed by atoms with Crippen LogP contribution in [-0.2, 0) is 0 Å². The molecule has 7 heteroatoms. The largest absolute Gasteiger partial charge is 0.476 e. The molecule has 66 valence electrons. The van der Waals surface area contributed by atoms with Gasteiger partial charge >= 0.3 is 5.97 Å². The quantitative estimate of drug-likeness (QED) is 0.729. The second-order valence-electron chi connectivity index (χ2n) is 2.15. The van der Waals surface area contributed by atoms with Gasteiger partial charge in [0, 0.05) is 0 Å². The van der Waals surface area contributed by atoms with Crippen LogP contribution in [0, 0.1) is 0 Å². The number of thiazole rings is 1. The van der Waals surface area contributed by atoms with Gasteiger partial charge in [-0.1, -0.05) is 0 Å². The molecule has 0 bridgehead atoms. The number of hydrogen-bond acceptors (Lipinski definition) is 5. The third kappa shape index (κ3) is 1.45. The van der Waals surface area contributed by atoms with E-state index in [-0.39, 0.29) is 10.3 Å². The highest BCUT2D eigenvalue weighted by Gasteiger charge is 2.11. The smallest absolute Gasteiger partial charge is 0.365 e. The van der Waals surface area contributed by atoms with Crippen LogP contribution in [-0.4, -0.2) is 26.0 Å². The standard InChI is InChI=1S/C6H2ClN3O2S/c7-6-8-1-2-3(10-6)9-4(13-2)5(11)12/h1H,(H,11,12). The van der Waals surface area contributed by atoms with Crippen LogP contribution >= 0.6 is 22.9 Å². The molecule has 0 saturated carbocycles. The Morgan fingerprint density at radius 2 is 2.31 bits per heavy atom. The van der Waals surface area contributed by atoms with E-state index < -0.39 is 5.97 Å². The van der Waals surface area contributed by atoms with Gasteiger partial charge in [0.2, 0.25) is 10.3 Å². The Kier molecular flexibility index (Phi) is 1.86. The van der Waals surface area contributed by atoms with Crippen molar-refractivity contribution in [3.8, 4) is 0 Å². The lowest BCUT2D eigenvalue weighted by atomic mass is 10.6. The molecule has 0 aliphatic rings. The Labute approximate surface area is 81.0 Å². The molecule has 0 aliphatic carbocycles. The molecule has 0 aromatic carbocycles. The van der Waals surface area contributed by atoms with E-state index in [1.165, 1.54) is 6.20 Å². The number of carbonyl (C=O) groups is 1. The number of aromatic carboxylic acids is 1. The number of hydrogen-bond donors (Lipinski definition) is 1. The fourth-order valence-electron chi connectivity index (χ4n) is 0.808. The summed E-state index contributed by atoms with van der Waals surface area (Å²) in [5.41, 5.74) is 0.322. The van der Waals surface area contributed by atoms with Crippen LogP contribution in [0.1, 0.15) is 9.80 Å². The number of halogens is 1. The first-order valence-corrected chi connectivity index (χ1v) is 4.38. The molecule has 0 amide bonds. The number of fused-ring (bicyclic) bond motifs is 1. The third-order valence-electron chi connectivity index (χ3n) is 1.30. The number of nitrogens with zero attached hydrogens (tertiary/aromatic N) is 3. The van der Waals surface area contributed by atoms with Crippen molar-refractivity contribution in [2.45, 2.75) is 0 Å². The van der Waals surface area contributed by atoms with Crippen LogP contribution in [0.4, 0.5) is 0 Å². The summed E-state index contributed by atoms with van der Waals surface area (Å²) in [6.45, 7) is 0. The zero-order valence-electron chi connectivity index (χ0n) is 6.06. The zero-order chi connectivity index (χ0) is 9.42. The van der Waals surface area contributed by atoms with Gasteiger partial charge in [-0.25, -0.2) is 14.8 Å². The molecule has 0 saturated heterocycles. The normalized spacial score (nSPS) is 10.5. The van der Waals surface area contributed by atoms with Crippen molar-refractivity contribution < 1.29 is 9.90 Å². The predicted molar refractivity (Wildman–Crippen MR) is 47.2 cm³/mol. The molecule has 0 fully saturated rings. The Balaban J connectivity index is 2.68. The van der Waals surface area contributed by atoms with Crippen LogP contribution < -0.4 is 0 Å². The maximum absolute atomic E-state index is 10.5. The maximum Gasteiger partial charge on any atom is 0.365 e. The van der Waals surface area contributed by atoms with Gasteiger partial charge in [-0.15, -0.1) is 11.3 Å². The Hall–Kier alpha value is -1.27. The minimum atomic E-state index is -1.07. The topological polar surface area (TPSA) is 76.0 Å². The fourth-order valence-corrected chi connectivity index (χ4v) is 1.65. The highest BCUT2D eigenvalue weighted by Crippen LogP contribution is 2.20. The average Bonchev–Trinajstić information content (AvgIpc) is 2.46. The SMILES string of the molecule is O=C(O)c1nc2nc(Cl)ncc2s1. The van der Waals surface area contributed by atoms with E-state index in [0.717, 1.165) is 11.3 Å². The fraction of sp³-hybridized carbons (Fsp3) is 0. The van der Waals surface area contributed by atoms with E-state index in [2.05, 4.69) is 15.0 Å². The minimum Gasteiger partial charge on any atom is -0.476 e. The summed E-state index contributed by atoms with van der Waals surface area (Å²) >= 11 is 6.52. The minimum absolute atomic E-state index is 0.00781. The lowest BCUT2D eigenvalue weighted by Crippen LogP contribution is -1.93. The molecular formula is C6H2ClN3O2S. The molecule has 5 nitrogen and oxygen atoms in total. The first-order chi connectivity index (χ1) is 6.16. The van der Waals surface area contributed by atoms with Gasteiger partial charge in [-0.3, -0.25) is 0 Å². The van der Waals surface area contributed by atoms with Crippen molar-refractivity contribution >= 4 is 39.3 Å². The molecule has 0 aliphatic heterocycles. The van der Waals surface area contributed by atoms with Gasteiger partial charge in [0.05, 0.1) is 10.9 Å². The molecule has 13 heavy (non-hydrogen) atoms. The van der Waals surface area contributed by atoms with Crippen molar-refractivity contribution in [1.82, 2.24) is 15.0 Å². The van der Waals surface area contributed by atoms with Crippen molar-refractivity contribution in [1.29, 1.82) is 0 Å². The van der Waals surface area contributed by atoms with E-state index >= 15 is 0 Å². The van der Waals surface area contributed by atoms with Gasteiger partial charge in [0.1, 0.15) is 0 Å². The molecule has 2 heterocycles. The molecule has 2 aromatic rings. The van der Waals surface area contributed by atoms with Crippen LogP contribution in [0.15, 0.2) is 6.20 Å². The summed E-state index contributed by atoms with van der Waals surface area (Å²) in [6, 6.07) is 0. The van der Waals surface area contributed by atoms with Crippen LogP contribution in [0.2, 0.25) is 5.28 Å². The molecule has 0 atom stereocenters. The third-order valence-corrected chi connectivity index (χ3v) is 2.45. The van der Waals surface area contributed by atoms with Gasteiger partial charge in [0.25, 0.3) is 0 Å². The van der Waals surface area contributed by atoms with Crippen molar-refractivity contribution in [2.75, 3.05) is 0 Å². The lowest BCUT2D eigenvalue weighted by molar-refractivity contribution is 0.0696. The zero-order valence-corrected chi connectivity index (χ0v) is 7.63. The summed E-state index contributed by atoms with van der Waals surface area (Å²) in [5.74, 6) is -1.07. The predicted octanol–water partition coefficient (Wildman–Crippen LogP) is 1.44. The molecule has 1 N–H and O–H groups in total. The molecule has 2 aromatic heterocycles. The second-order valence-corrected chi connectivity index (χ2v) is 3.52. The van der Waals surface area contributed by atoms with Gasteiger partial charge in [-0.05, 0) is 11.6 Å². The summed E-state index contributed by atoms with van der Waals surface area (Å²) in [5, 5.41) is 8.68. The Morgan fingerprint density at radius 1 is 1.54 bits per heavy atom.